The molecule has 1 fully saturated rings. The van der Waals surface area contributed by atoms with Crippen molar-refractivity contribution in [3.8, 4) is 11.1 Å². The minimum Gasteiger partial charge on any atom is -0.368 e. The number of carbonyl (C=O) groups excluding carboxylic acids is 1. The molecule has 1 aromatic heterocycles. The average molecular weight is 563 g/mol. The van der Waals surface area contributed by atoms with Gasteiger partial charge in [-0.1, -0.05) is 6.92 Å². The Labute approximate surface area is 223 Å². The van der Waals surface area contributed by atoms with E-state index in [0.717, 1.165) is 18.6 Å². The Balaban J connectivity index is 0.00000241. The fourth-order valence-electron chi connectivity index (χ4n) is 4.44. The average Bonchev–Trinajstić information content (AvgIpc) is 2.80. The number of hydrogen-bond donors (Lipinski definition) is 2. The number of amides is 1. The molecular weight excluding hydrogens is 538 g/mol. The molecule has 1 aliphatic rings. The van der Waals surface area contributed by atoms with E-state index in [4.69, 9.17) is 5.73 Å². The van der Waals surface area contributed by atoms with Gasteiger partial charge in [-0.25, -0.2) is 22.0 Å². The maximum Gasteiger partial charge on any atom is 0.258 e. The standard InChI is InChI=1S/C25H23F5N4O.2ClH/c1-13-6-15(31)12-34(11-13)21-4-5-32-10-20(21)33-25(35)16-2-3-17(27)23(24(16)30)22-18(28)7-14(9-26)8-19(22)29;;/h2-5,7-8,10,13,15H,6,9,11-12,31H2,1H3,(H,33,35);2*1H/t13-,15+;;/m1../s1. The molecule has 0 unspecified atom stereocenters. The highest BCUT2D eigenvalue weighted by Crippen LogP contribution is 2.34. The largest absolute Gasteiger partial charge is 0.368 e. The lowest BCUT2D eigenvalue weighted by Crippen LogP contribution is -2.46. The second-order valence-corrected chi connectivity index (χ2v) is 8.70. The van der Waals surface area contributed by atoms with E-state index in [-0.39, 0.29) is 42.1 Å². The van der Waals surface area contributed by atoms with Crippen molar-refractivity contribution in [3.63, 3.8) is 0 Å². The zero-order valence-electron chi connectivity index (χ0n) is 19.6. The van der Waals surface area contributed by atoms with Crippen LogP contribution < -0.4 is 16.0 Å². The first kappa shape index (κ1) is 30.3. The first-order valence-corrected chi connectivity index (χ1v) is 11.0. The van der Waals surface area contributed by atoms with Gasteiger partial charge in [0.2, 0.25) is 0 Å². The van der Waals surface area contributed by atoms with Crippen molar-refractivity contribution in [2.45, 2.75) is 26.1 Å². The quantitative estimate of drug-likeness (QED) is 0.372. The molecule has 0 saturated carbocycles. The first-order chi connectivity index (χ1) is 16.7. The van der Waals surface area contributed by atoms with Gasteiger partial charge in [0, 0.05) is 25.3 Å². The van der Waals surface area contributed by atoms with Crippen molar-refractivity contribution in [1.29, 1.82) is 0 Å². The van der Waals surface area contributed by atoms with E-state index >= 15 is 4.39 Å². The number of benzene rings is 2. The molecular formula is C25H25Cl2F5N4O. The lowest BCUT2D eigenvalue weighted by molar-refractivity contribution is 0.102. The third-order valence-corrected chi connectivity index (χ3v) is 5.92. The van der Waals surface area contributed by atoms with Crippen LogP contribution in [0.4, 0.5) is 33.3 Å². The van der Waals surface area contributed by atoms with Crippen LogP contribution in [-0.4, -0.2) is 30.0 Å². The number of nitrogens with two attached hydrogens (primary N) is 1. The van der Waals surface area contributed by atoms with Gasteiger partial charge in [-0.15, -0.1) is 24.8 Å². The Morgan fingerprint density at radius 1 is 1.05 bits per heavy atom. The third kappa shape index (κ3) is 6.31. The molecule has 12 heteroatoms. The highest BCUT2D eigenvalue weighted by molar-refractivity contribution is 6.06. The summed E-state index contributed by atoms with van der Waals surface area (Å²) in [6.07, 6.45) is 3.78. The Kier molecular flexibility index (Phi) is 10.3. The summed E-state index contributed by atoms with van der Waals surface area (Å²) in [4.78, 5) is 19.0. The Morgan fingerprint density at radius 2 is 1.73 bits per heavy atom. The van der Waals surface area contributed by atoms with Crippen LogP contribution in [0.5, 0.6) is 0 Å². The normalized spacial score (nSPS) is 17.0. The van der Waals surface area contributed by atoms with Gasteiger partial charge in [0.25, 0.3) is 5.91 Å². The van der Waals surface area contributed by atoms with Crippen LogP contribution in [0.25, 0.3) is 11.1 Å². The van der Waals surface area contributed by atoms with Gasteiger partial charge in [-0.2, -0.15) is 0 Å². The van der Waals surface area contributed by atoms with Crippen LogP contribution in [0.3, 0.4) is 0 Å². The van der Waals surface area contributed by atoms with Crippen LogP contribution in [0.2, 0.25) is 0 Å². The molecule has 3 N–H and O–H groups in total. The van der Waals surface area contributed by atoms with Crippen molar-refractivity contribution in [1.82, 2.24) is 4.98 Å². The van der Waals surface area contributed by atoms with E-state index in [1.54, 1.807) is 12.3 Å². The van der Waals surface area contributed by atoms with Crippen molar-refractivity contribution in [2.24, 2.45) is 11.7 Å². The van der Waals surface area contributed by atoms with Gasteiger partial charge in [0.15, 0.2) is 0 Å². The zero-order chi connectivity index (χ0) is 25.3. The molecule has 0 bridgehead atoms. The van der Waals surface area contributed by atoms with Gasteiger partial charge in [0.05, 0.1) is 34.3 Å². The summed E-state index contributed by atoms with van der Waals surface area (Å²) in [6.45, 7) is 2.12. The maximum absolute atomic E-state index is 15.3. The molecule has 3 aromatic rings. The second kappa shape index (κ2) is 12.5. The number of alkyl halides is 1. The topological polar surface area (TPSA) is 71.2 Å². The highest BCUT2D eigenvalue weighted by atomic mass is 35.5. The van der Waals surface area contributed by atoms with Crippen molar-refractivity contribution in [3.05, 3.63) is 77.1 Å². The Hall–Kier alpha value is -2.95. The lowest BCUT2D eigenvalue weighted by atomic mass is 9.96. The van der Waals surface area contributed by atoms with Crippen LogP contribution in [0.15, 0.2) is 42.7 Å². The van der Waals surface area contributed by atoms with E-state index in [1.165, 1.54) is 6.20 Å². The predicted octanol–water partition coefficient (Wildman–Crippen LogP) is 6.04. The Bertz CT molecular complexity index is 1250. The number of anilines is 2. The summed E-state index contributed by atoms with van der Waals surface area (Å²) in [5.74, 6) is -6.08. The number of halogens is 7. The molecule has 2 heterocycles. The van der Waals surface area contributed by atoms with Crippen LogP contribution in [0.1, 0.15) is 29.3 Å². The fraction of sp³-hybridized carbons (Fsp3) is 0.280. The fourth-order valence-corrected chi connectivity index (χ4v) is 4.44. The van der Waals surface area contributed by atoms with Crippen LogP contribution in [0, 0.1) is 29.2 Å². The SMILES string of the molecule is C[C@@H]1C[C@H](N)CN(c2ccncc2NC(=O)c2ccc(F)c(-c3c(F)cc(CF)cc3F)c2F)C1.Cl.Cl. The van der Waals surface area contributed by atoms with Gasteiger partial charge in [-0.05, 0) is 48.2 Å². The minimum absolute atomic E-state index is 0. The monoisotopic (exact) mass is 562 g/mol. The molecule has 0 spiro atoms. The molecule has 0 radical (unpaired) electrons. The number of aromatic nitrogens is 1. The van der Waals surface area contributed by atoms with Gasteiger partial charge in [-0.3, -0.25) is 9.78 Å². The molecule has 2 aromatic carbocycles. The smallest absolute Gasteiger partial charge is 0.258 e. The van der Waals surface area contributed by atoms with E-state index in [1.807, 2.05) is 4.90 Å². The number of carbonyl (C=O) groups is 1. The van der Waals surface area contributed by atoms with Crippen LogP contribution >= 0.6 is 24.8 Å². The number of rotatable bonds is 5. The van der Waals surface area contributed by atoms with E-state index < -0.39 is 52.5 Å². The molecule has 200 valence electrons. The molecule has 5 nitrogen and oxygen atoms in total. The summed E-state index contributed by atoms with van der Waals surface area (Å²) in [5.41, 5.74) is 3.99. The predicted molar refractivity (Wildman–Crippen MR) is 137 cm³/mol. The van der Waals surface area contributed by atoms with Crippen molar-refractivity contribution < 1.29 is 26.7 Å². The second-order valence-electron chi connectivity index (χ2n) is 8.70. The number of pyridine rings is 1. The molecule has 1 aliphatic heterocycles. The summed E-state index contributed by atoms with van der Waals surface area (Å²) in [5, 5.41) is 2.56. The summed E-state index contributed by atoms with van der Waals surface area (Å²) in [7, 11) is 0. The third-order valence-electron chi connectivity index (χ3n) is 5.92. The number of nitrogens with one attached hydrogen (secondary N) is 1. The Morgan fingerprint density at radius 3 is 2.35 bits per heavy atom. The van der Waals surface area contributed by atoms with Gasteiger partial charge < -0.3 is 16.0 Å². The summed E-state index contributed by atoms with van der Waals surface area (Å²) >= 11 is 0. The van der Waals surface area contributed by atoms with Gasteiger partial charge in [0.1, 0.15) is 29.9 Å². The zero-order valence-corrected chi connectivity index (χ0v) is 21.2. The van der Waals surface area contributed by atoms with E-state index in [2.05, 4.69) is 17.2 Å². The summed E-state index contributed by atoms with van der Waals surface area (Å²) < 4.78 is 71.6. The number of piperidine rings is 1. The number of nitrogens with zero attached hydrogens (tertiary/aromatic N) is 2. The first-order valence-electron chi connectivity index (χ1n) is 11.0. The maximum atomic E-state index is 15.3. The van der Waals surface area contributed by atoms with Crippen molar-refractivity contribution in [2.75, 3.05) is 23.3 Å². The number of hydrogen-bond acceptors (Lipinski definition) is 4. The van der Waals surface area contributed by atoms with E-state index in [9.17, 15) is 22.4 Å². The molecule has 1 saturated heterocycles. The van der Waals surface area contributed by atoms with Crippen LogP contribution in [-0.2, 0) is 6.67 Å². The van der Waals surface area contributed by atoms with E-state index in [0.29, 0.717) is 36.8 Å². The molecule has 1 amide bonds. The molecule has 37 heavy (non-hydrogen) atoms. The summed E-state index contributed by atoms with van der Waals surface area (Å²) in [6, 6.07) is 4.53. The minimum atomic E-state index is -1.45. The lowest BCUT2D eigenvalue weighted by Gasteiger charge is -2.37. The van der Waals surface area contributed by atoms with Crippen molar-refractivity contribution >= 4 is 42.1 Å². The van der Waals surface area contributed by atoms with Gasteiger partial charge >= 0.3 is 0 Å². The molecule has 0 aliphatic carbocycles. The highest BCUT2D eigenvalue weighted by Gasteiger charge is 2.27. The molecule has 2 atom stereocenters. The molecule has 4 rings (SSSR count).